The molecule has 3 aromatic carbocycles. The molecule has 8 nitrogen and oxygen atoms in total. The summed E-state index contributed by atoms with van der Waals surface area (Å²) in [6.07, 6.45) is 1.79. The van der Waals surface area contributed by atoms with Crippen LogP contribution in [0.25, 0.3) is 6.08 Å². The van der Waals surface area contributed by atoms with Gasteiger partial charge in [-0.1, -0.05) is 42.5 Å². The van der Waals surface area contributed by atoms with Gasteiger partial charge < -0.3 is 24.6 Å². The van der Waals surface area contributed by atoms with E-state index in [9.17, 15) is 19.5 Å². The number of hydrogen-bond donors (Lipinski definition) is 2. The van der Waals surface area contributed by atoms with Crippen molar-refractivity contribution in [3.8, 4) is 17.2 Å². The number of carboxylic acids is 1. The minimum Gasteiger partial charge on any atom is -0.497 e. The van der Waals surface area contributed by atoms with Crippen molar-refractivity contribution in [2.24, 2.45) is 0 Å². The van der Waals surface area contributed by atoms with Crippen LogP contribution >= 0.6 is 0 Å². The molecule has 0 saturated heterocycles. The van der Waals surface area contributed by atoms with Crippen LogP contribution < -0.4 is 19.5 Å². The zero-order valence-corrected chi connectivity index (χ0v) is 18.9. The minimum absolute atomic E-state index is 0.153. The summed E-state index contributed by atoms with van der Waals surface area (Å²) in [6.45, 7) is -0.389. The Balaban J connectivity index is 1.36. The fraction of sp³-hybridized carbons (Fsp3) is 0.148. The van der Waals surface area contributed by atoms with E-state index in [0.29, 0.717) is 22.8 Å². The largest absolute Gasteiger partial charge is 0.497 e. The molecule has 1 aliphatic rings. The molecule has 1 heterocycles. The molecule has 35 heavy (non-hydrogen) atoms. The lowest BCUT2D eigenvalue weighted by Crippen LogP contribution is -2.44. The summed E-state index contributed by atoms with van der Waals surface area (Å²) in [5.74, 6) is -0.466. The number of hydrogen-bond acceptors (Lipinski definition) is 6. The molecule has 0 aromatic heterocycles. The van der Waals surface area contributed by atoms with Gasteiger partial charge in [0, 0.05) is 12.5 Å². The molecule has 8 heteroatoms. The van der Waals surface area contributed by atoms with E-state index in [1.165, 1.54) is 6.07 Å². The van der Waals surface area contributed by atoms with E-state index in [-0.39, 0.29) is 24.6 Å². The number of ketones is 1. The summed E-state index contributed by atoms with van der Waals surface area (Å²) in [5, 5.41) is 11.9. The number of nitrogens with one attached hydrogen (secondary N) is 1. The third-order valence-corrected chi connectivity index (χ3v) is 5.34. The van der Waals surface area contributed by atoms with Gasteiger partial charge in [0.05, 0.1) is 12.7 Å². The number of rotatable bonds is 9. The second kappa shape index (κ2) is 10.6. The molecule has 1 aliphatic heterocycles. The smallest absolute Gasteiger partial charge is 0.326 e. The van der Waals surface area contributed by atoms with Crippen LogP contribution in [0, 0.1) is 0 Å². The van der Waals surface area contributed by atoms with Crippen molar-refractivity contribution >= 4 is 23.7 Å². The van der Waals surface area contributed by atoms with Crippen molar-refractivity contribution in [2.45, 2.75) is 12.5 Å². The Morgan fingerprint density at radius 1 is 1.03 bits per heavy atom. The Morgan fingerprint density at radius 3 is 2.43 bits per heavy atom. The molecule has 178 valence electrons. The van der Waals surface area contributed by atoms with Crippen LogP contribution in [0.5, 0.6) is 17.2 Å². The maximum absolute atomic E-state index is 12.7. The maximum Gasteiger partial charge on any atom is 0.326 e. The lowest BCUT2D eigenvalue weighted by Gasteiger charge is -2.15. The molecule has 3 aromatic rings. The quantitative estimate of drug-likeness (QED) is 0.458. The molecular weight excluding hydrogens is 450 g/mol. The first-order chi connectivity index (χ1) is 16.9. The topological polar surface area (TPSA) is 111 Å². The summed E-state index contributed by atoms with van der Waals surface area (Å²) < 4.78 is 16.4. The Labute approximate surface area is 201 Å². The van der Waals surface area contributed by atoms with Gasteiger partial charge in [0.15, 0.2) is 12.4 Å². The van der Waals surface area contributed by atoms with E-state index in [1.54, 1.807) is 73.8 Å². The van der Waals surface area contributed by atoms with Crippen LogP contribution in [0.1, 0.15) is 21.5 Å². The van der Waals surface area contributed by atoms with Gasteiger partial charge in [-0.05, 0) is 41.5 Å². The average Bonchev–Trinajstić information content (AvgIpc) is 3.17. The maximum atomic E-state index is 12.7. The molecule has 0 spiro atoms. The number of fused-ring (bicyclic) bond motifs is 1. The van der Waals surface area contributed by atoms with Crippen LogP contribution in [0.3, 0.4) is 0 Å². The van der Waals surface area contributed by atoms with Crippen LogP contribution in [0.15, 0.2) is 78.6 Å². The predicted molar refractivity (Wildman–Crippen MR) is 128 cm³/mol. The molecule has 4 rings (SSSR count). The van der Waals surface area contributed by atoms with E-state index < -0.39 is 17.9 Å². The number of allylic oxidation sites excluding steroid dienone is 1. The number of amides is 1. The van der Waals surface area contributed by atoms with E-state index in [1.807, 2.05) is 6.07 Å². The zero-order chi connectivity index (χ0) is 24.8. The number of benzene rings is 3. The number of carbonyl (C=O) groups excluding carboxylic acids is 2. The van der Waals surface area contributed by atoms with Gasteiger partial charge in [-0.2, -0.15) is 0 Å². The van der Waals surface area contributed by atoms with Crippen LogP contribution in [0.4, 0.5) is 0 Å². The lowest BCUT2D eigenvalue weighted by molar-refractivity contribution is -0.142. The molecule has 0 aliphatic carbocycles. The van der Waals surface area contributed by atoms with Gasteiger partial charge in [-0.25, -0.2) is 4.79 Å². The number of carboxylic acid groups (broad SMARTS) is 1. The van der Waals surface area contributed by atoms with Crippen molar-refractivity contribution in [2.75, 3.05) is 13.7 Å². The SMILES string of the molecule is COc1ccc(C=C2Oc3cc(OCC(=O)NC(Cc4ccccc4)C(=O)O)ccc3C2=O)cc1. The molecule has 1 amide bonds. The Bertz CT molecular complexity index is 1270. The van der Waals surface area contributed by atoms with Gasteiger partial charge in [-0.3, -0.25) is 9.59 Å². The molecule has 0 saturated carbocycles. The van der Waals surface area contributed by atoms with Crippen LogP contribution in [-0.4, -0.2) is 42.5 Å². The highest BCUT2D eigenvalue weighted by atomic mass is 16.5. The number of carbonyl (C=O) groups is 3. The third-order valence-electron chi connectivity index (χ3n) is 5.34. The van der Waals surface area contributed by atoms with Gasteiger partial charge in [-0.15, -0.1) is 0 Å². The van der Waals surface area contributed by atoms with E-state index >= 15 is 0 Å². The summed E-state index contributed by atoms with van der Waals surface area (Å²) >= 11 is 0. The standard InChI is InChI=1S/C27H23NO7/c1-33-19-9-7-18(8-10-19)14-24-26(30)21-12-11-20(15-23(21)35-24)34-16-25(29)28-22(27(31)32)13-17-5-3-2-4-6-17/h2-12,14-15,22H,13,16H2,1H3,(H,28,29)(H,31,32). The van der Waals surface area contributed by atoms with Gasteiger partial charge in [0.1, 0.15) is 23.3 Å². The van der Waals surface area contributed by atoms with Crippen molar-refractivity contribution in [3.63, 3.8) is 0 Å². The highest BCUT2D eigenvalue weighted by Crippen LogP contribution is 2.35. The average molecular weight is 473 g/mol. The normalized spacial score (nSPS) is 14.1. The fourth-order valence-corrected chi connectivity index (χ4v) is 3.54. The van der Waals surface area contributed by atoms with Crippen LogP contribution in [-0.2, 0) is 16.0 Å². The molecule has 0 radical (unpaired) electrons. The zero-order valence-electron chi connectivity index (χ0n) is 18.9. The van der Waals surface area contributed by atoms with Crippen molar-refractivity contribution in [3.05, 3.63) is 95.2 Å². The number of aliphatic carboxylic acids is 1. The van der Waals surface area contributed by atoms with E-state index in [4.69, 9.17) is 14.2 Å². The predicted octanol–water partition coefficient (Wildman–Crippen LogP) is 3.50. The third kappa shape index (κ3) is 5.86. The fourth-order valence-electron chi connectivity index (χ4n) is 3.54. The summed E-state index contributed by atoms with van der Waals surface area (Å²) in [6, 6.07) is 19.8. The summed E-state index contributed by atoms with van der Waals surface area (Å²) in [7, 11) is 1.58. The monoisotopic (exact) mass is 473 g/mol. The van der Waals surface area contributed by atoms with Gasteiger partial charge >= 0.3 is 5.97 Å². The molecule has 0 bridgehead atoms. The molecule has 1 unspecified atom stereocenters. The highest BCUT2D eigenvalue weighted by Gasteiger charge is 2.28. The van der Waals surface area contributed by atoms with Crippen LogP contribution in [0.2, 0.25) is 0 Å². The molecule has 1 atom stereocenters. The first kappa shape index (κ1) is 23.6. The second-order valence-corrected chi connectivity index (χ2v) is 7.81. The highest BCUT2D eigenvalue weighted by molar-refractivity contribution is 6.14. The molecule has 2 N–H and O–H groups in total. The van der Waals surface area contributed by atoms with Gasteiger partial charge in [0.25, 0.3) is 5.91 Å². The molecular formula is C27H23NO7. The second-order valence-electron chi connectivity index (χ2n) is 7.81. The van der Waals surface area contributed by atoms with E-state index in [2.05, 4.69) is 5.32 Å². The minimum atomic E-state index is -1.14. The number of methoxy groups -OCH3 is 1. The number of ether oxygens (including phenoxy) is 3. The number of Topliss-reactive ketones (excluding diaryl/α,β-unsaturated/α-hetero) is 1. The summed E-state index contributed by atoms with van der Waals surface area (Å²) in [5.41, 5.74) is 1.95. The Kier molecular flexibility index (Phi) is 7.11. The first-order valence-corrected chi connectivity index (χ1v) is 10.8. The van der Waals surface area contributed by atoms with E-state index in [0.717, 1.165) is 11.1 Å². The van der Waals surface area contributed by atoms with Crippen molar-refractivity contribution in [1.29, 1.82) is 0 Å². The molecule has 0 fully saturated rings. The van der Waals surface area contributed by atoms with Crippen molar-refractivity contribution < 1.29 is 33.7 Å². The van der Waals surface area contributed by atoms with Gasteiger partial charge in [0.2, 0.25) is 5.78 Å². The lowest BCUT2D eigenvalue weighted by atomic mass is 10.1. The first-order valence-electron chi connectivity index (χ1n) is 10.8. The van der Waals surface area contributed by atoms with Crippen molar-refractivity contribution in [1.82, 2.24) is 5.32 Å². The Hall–Kier alpha value is -4.59. The Morgan fingerprint density at radius 2 is 1.74 bits per heavy atom. The summed E-state index contributed by atoms with van der Waals surface area (Å²) in [4.78, 5) is 36.5.